The first kappa shape index (κ1) is 26.1. The molecule has 0 aliphatic rings. The first-order valence-electron chi connectivity index (χ1n) is 9.94. The fourth-order valence-corrected chi connectivity index (χ4v) is 3.74. The Morgan fingerprint density at radius 3 is 2.15 bits per heavy atom. The Bertz CT molecular complexity index is 1060. The molecule has 0 aliphatic heterocycles. The molecule has 2 aromatic carbocycles. The van der Waals surface area contributed by atoms with Crippen molar-refractivity contribution in [2.24, 2.45) is 0 Å². The molecule has 0 aliphatic carbocycles. The lowest BCUT2D eigenvalue weighted by Crippen LogP contribution is -2.32. The van der Waals surface area contributed by atoms with Gasteiger partial charge in [-0.1, -0.05) is 19.1 Å². The summed E-state index contributed by atoms with van der Waals surface area (Å²) >= 11 is 0. The van der Waals surface area contributed by atoms with Crippen molar-refractivity contribution in [1.29, 1.82) is 0 Å². The number of hydrogen-bond donors (Lipinski definition) is 3. The van der Waals surface area contributed by atoms with Crippen LogP contribution in [-0.4, -0.2) is 33.1 Å². The molecule has 1 atom stereocenters. The van der Waals surface area contributed by atoms with Gasteiger partial charge in [-0.25, -0.2) is 13.1 Å². The van der Waals surface area contributed by atoms with Crippen molar-refractivity contribution in [3.05, 3.63) is 54.1 Å². The van der Waals surface area contributed by atoms with E-state index in [4.69, 9.17) is 0 Å². The standard InChI is InChI=1S/C21H24F3N3O5S/c1-3-19(28)27-16-6-4-15(5-7-16)14(2)26-20(29)12-13-25-33(30,31)18-10-8-17(9-11-18)32-21(22,23)24/h4-11,14,25H,3,12-13H2,1-2H3,(H,26,29)(H,27,28). The molecule has 2 rings (SSSR count). The van der Waals surface area contributed by atoms with Crippen LogP contribution < -0.4 is 20.1 Å². The minimum Gasteiger partial charge on any atom is -0.406 e. The van der Waals surface area contributed by atoms with Crippen molar-refractivity contribution in [1.82, 2.24) is 10.0 Å². The van der Waals surface area contributed by atoms with E-state index in [1.165, 1.54) is 0 Å². The van der Waals surface area contributed by atoms with Crippen LogP contribution >= 0.6 is 0 Å². The maximum absolute atomic E-state index is 12.2. The van der Waals surface area contributed by atoms with Crippen LogP contribution in [0.5, 0.6) is 5.75 Å². The highest BCUT2D eigenvalue weighted by Crippen LogP contribution is 2.24. The van der Waals surface area contributed by atoms with Crippen LogP contribution in [0, 0.1) is 0 Å². The zero-order chi connectivity index (χ0) is 24.6. The summed E-state index contributed by atoms with van der Waals surface area (Å²) in [5.41, 5.74) is 1.43. The highest BCUT2D eigenvalue weighted by Gasteiger charge is 2.31. The van der Waals surface area contributed by atoms with Crippen molar-refractivity contribution in [3.8, 4) is 5.75 Å². The van der Waals surface area contributed by atoms with Gasteiger partial charge in [-0.05, 0) is 48.9 Å². The number of alkyl halides is 3. The molecule has 8 nitrogen and oxygen atoms in total. The Kier molecular flexibility index (Phi) is 8.83. The van der Waals surface area contributed by atoms with E-state index in [1.54, 1.807) is 38.1 Å². The van der Waals surface area contributed by atoms with Gasteiger partial charge in [-0.2, -0.15) is 0 Å². The first-order valence-corrected chi connectivity index (χ1v) is 11.4. The molecule has 12 heteroatoms. The van der Waals surface area contributed by atoms with Crippen molar-refractivity contribution in [2.75, 3.05) is 11.9 Å². The lowest BCUT2D eigenvalue weighted by Gasteiger charge is -2.15. The van der Waals surface area contributed by atoms with Gasteiger partial charge in [-0.15, -0.1) is 13.2 Å². The van der Waals surface area contributed by atoms with Crippen LogP contribution in [0.2, 0.25) is 0 Å². The maximum atomic E-state index is 12.2. The van der Waals surface area contributed by atoms with Crippen molar-refractivity contribution >= 4 is 27.5 Å². The van der Waals surface area contributed by atoms with Crippen LogP contribution in [0.1, 0.15) is 38.3 Å². The van der Waals surface area contributed by atoms with Crippen molar-refractivity contribution in [3.63, 3.8) is 0 Å². The third kappa shape index (κ3) is 8.73. The molecule has 0 heterocycles. The van der Waals surface area contributed by atoms with E-state index < -0.39 is 28.0 Å². The second kappa shape index (κ2) is 11.1. The number of carbonyl (C=O) groups is 2. The number of anilines is 1. The van der Waals surface area contributed by atoms with E-state index >= 15 is 0 Å². The summed E-state index contributed by atoms with van der Waals surface area (Å²) in [6, 6.07) is 10.3. The molecule has 180 valence electrons. The first-order chi connectivity index (χ1) is 15.4. The molecular formula is C21H24F3N3O5S. The molecule has 0 saturated heterocycles. The molecule has 0 spiro atoms. The molecular weight excluding hydrogens is 463 g/mol. The molecule has 0 fully saturated rings. The predicted octanol–water partition coefficient (Wildman–Crippen LogP) is 3.48. The molecule has 0 radical (unpaired) electrons. The molecule has 0 bridgehead atoms. The number of benzene rings is 2. The summed E-state index contributed by atoms with van der Waals surface area (Å²) in [5.74, 6) is -1.06. The number of sulfonamides is 1. The smallest absolute Gasteiger partial charge is 0.406 e. The highest BCUT2D eigenvalue weighted by atomic mass is 32.2. The Morgan fingerprint density at radius 1 is 1.00 bits per heavy atom. The highest BCUT2D eigenvalue weighted by molar-refractivity contribution is 7.89. The molecule has 0 aromatic heterocycles. The van der Waals surface area contributed by atoms with Crippen LogP contribution in [-0.2, 0) is 19.6 Å². The van der Waals surface area contributed by atoms with Crippen LogP contribution in [0.4, 0.5) is 18.9 Å². The fourth-order valence-electron chi connectivity index (χ4n) is 2.70. The van der Waals surface area contributed by atoms with Crippen molar-refractivity contribution < 1.29 is 35.9 Å². The zero-order valence-electron chi connectivity index (χ0n) is 17.9. The van der Waals surface area contributed by atoms with Gasteiger partial charge in [0.25, 0.3) is 0 Å². The predicted molar refractivity (Wildman–Crippen MR) is 115 cm³/mol. The van der Waals surface area contributed by atoms with Gasteiger partial charge < -0.3 is 15.4 Å². The summed E-state index contributed by atoms with van der Waals surface area (Å²) in [6.07, 6.45) is -4.67. The van der Waals surface area contributed by atoms with Gasteiger partial charge in [0.15, 0.2) is 0 Å². The Hall–Kier alpha value is -3.12. The molecule has 33 heavy (non-hydrogen) atoms. The van der Waals surface area contributed by atoms with Crippen molar-refractivity contribution in [2.45, 2.75) is 44.0 Å². The fraction of sp³-hybridized carbons (Fsp3) is 0.333. The topological polar surface area (TPSA) is 114 Å². The largest absolute Gasteiger partial charge is 0.573 e. The number of amides is 2. The lowest BCUT2D eigenvalue weighted by molar-refractivity contribution is -0.274. The van der Waals surface area contributed by atoms with Gasteiger partial charge in [0.1, 0.15) is 5.75 Å². The average molecular weight is 488 g/mol. The number of hydrogen-bond acceptors (Lipinski definition) is 5. The van der Waals surface area contributed by atoms with Crippen LogP contribution in [0.3, 0.4) is 0 Å². The minimum atomic E-state index is -4.88. The number of rotatable bonds is 10. The second-order valence-electron chi connectivity index (χ2n) is 6.98. The van der Waals surface area contributed by atoms with E-state index in [2.05, 4.69) is 20.1 Å². The number of carbonyl (C=O) groups excluding carboxylic acids is 2. The number of ether oxygens (including phenoxy) is 1. The van der Waals surface area contributed by atoms with Crippen LogP contribution in [0.25, 0.3) is 0 Å². The SMILES string of the molecule is CCC(=O)Nc1ccc(C(C)NC(=O)CCNS(=O)(=O)c2ccc(OC(F)(F)F)cc2)cc1. The number of halogens is 3. The molecule has 1 unspecified atom stereocenters. The third-order valence-electron chi connectivity index (χ3n) is 4.40. The van der Waals surface area contributed by atoms with Gasteiger partial charge in [0.05, 0.1) is 10.9 Å². The summed E-state index contributed by atoms with van der Waals surface area (Å²) in [5, 5.41) is 5.46. The van der Waals surface area contributed by atoms with Crippen LogP contribution in [0.15, 0.2) is 53.4 Å². The van der Waals surface area contributed by atoms with E-state index in [-0.39, 0.29) is 29.8 Å². The van der Waals surface area contributed by atoms with E-state index in [0.717, 1.165) is 29.8 Å². The third-order valence-corrected chi connectivity index (χ3v) is 5.88. The number of nitrogens with one attached hydrogen (secondary N) is 3. The van der Waals surface area contributed by atoms with Gasteiger partial charge in [0.2, 0.25) is 21.8 Å². The summed E-state index contributed by atoms with van der Waals surface area (Å²) in [4.78, 5) is 23.3. The molecule has 2 aromatic rings. The molecule has 2 amide bonds. The Labute approximate surface area is 189 Å². The second-order valence-corrected chi connectivity index (χ2v) is 8.75. The summed E-state index contributed by atoms with van der Waals surface area (Å²) in [7, 11) is -4.02. The van der Waals surface area contributed by atoms with Gasteiger partial charge in [-0.3, -0.25) is 9.59 Å². The Balaban J connectivity index is 1.83. The minimum absolute atomic E-state index is 0.114. The van der Waals surface area contributed by atoms with E-state index in [1.807, 2.05) is 0 Å². The summed E-state index contributed by atoms with van der Waals surface area (Å²) in [6.45, 7) is 3.29. The quantitative estimate of drug-likeness (QED) is 0.475. The lowest BCUT2D eigenvalue weighted by atomic mass is 10.1. The average Bonchev–Trinajstić information content (AvgIpc) is 2.73. The monoisotopic (exact) mass is 487 g/mol. The Morgan fingerprint density at radius 2 is 1.61 bits per heavy atom. The maximum Gasteiger partial charge on any atom is 0.573 e. The zero-order valence-corrected chi connectivity index (χ0v) is 18.7. The molecule has 3 N–H and O–H groups in total. The van der Waals surface area contributed by atoms with E-state index in [0.29, 0.717) is 12.1 Å². The molecule has 0 saturated carbocycles. The van der Waals surface area contributed by atoms with Gasteiger partial charge >= 0.3 is 6.36 Å². The summed E-state index contributed by atoms with van der Waals surface area (Å²) < 4.78 is 67.0. The normalized spacial score (nSPS) is 12.6. The van der Waals surface area contributed by atoms with E-state index in [9.17, 15) is 31.2 Å². The van der Waals surface area contributed by atoms with Gasteiger partial charge in [0, 0.05) is 25.1 Å².